The van der Waals surface area contributed by atoms with E-state index in [4.69, 9.17) is 4.74 Å². The third-order valence-corrected chi connectivity index (χ3v) is 3.79. The van der Waals surface area contributed by atoms with Crippen LogP contribution < -0.4 is 9.64 Å². The van der Waals surface area contributed by atoms with Gasteiger partial charge in [0.2, 0.25) is 5.88 Å². The van der Waals surface area contributed by atoms with E-state index in [2.05, 4.69) is 29.3 Å². The molecular formula is C11H14N2OS. The minimum atomic E-state index is 0.0929. The number of pyridine rings is 1. The summed E-state index contributed by atoms with van der Waals surface area (Å²) < 4.78 is 5.94. The highest BCUT2D eigenvalue weighted by Gasteiger charge is 2.49. The van der Waals surface area contributed by atoms with Crippen molar-refractivity contribution < 1.29 is 4.74 Å². The molecule has 3 rings (SSSR count). The molecule has 0 radical (unpaired) electrons. The van der Waals surface area contributed by atoms with Crippen molar-refractivity contribution in [2.75, 3.05) is 24.7 Å². The van der Waals surface area contributed by atoms with Crippen LogP contribution in [0.1, 0.15) is 12.8 Å². The summed E-state index contributed by atoms with van der Waals surface area (Å²) in [5, 5.41) is 0. The second kappa shape index (κ2) is 3.04. The maximum atomic E-state index is 5.94. The Bertz CT molecular complexity index is 404. The molecule has 1 fully saturated rings. The molecule has 1 spiro atoms. The number of anilines is 1. The second-order valence-electron chi connectivity index (χ2n) is 4.34. The summed E-state index contributed by atoms with van der Waals surface area (Å²) in [4.78, 5) is 7.84. The Kier molecular flexibility index (Phi) is 1.89. The number of likely N-dealkylation sites (N-methyl/N-ethyl adjacent to an activating group) is 1. The van der Waals surface area contributed by atoms with Gasteiger partial charge < -0.3 is 9.64 Å². The molecule has 1 aromatic rings. The van der Waals surface area contributed by atoms with E-state index in [-0.39, 0.29) is 5.60 Å². The molecule has 1 aliphatic carbocycles. The fourth-order valence-electron chi connectivity index (χ4n) is 2.04. The number of hydrogen-bond acceptors (Lipinski definition) is 4. The zero-order valence-corrected chi connectivity index (χ0v) is 9.80. The van der Waals surface area contributed by atoms with Crippen molar-refractivity contribution in [2.24, 2.45) is 0 Å². The van der Waals surface area contributed by atoms with Crippen molar-refractivity contribution in [3.8, 4) is 5.88 Å². The minimum absolute atomic E-state index is 0.0929. The summed E-state index contributed by atoms with van der Waals surface area (Å²) in [6, 6.07) is 2.15. The smallest absolute Gasteiger partial charge is 0.238 e. The maximum absolute atomic E-state index is 5.94. The van der Waals surface area contributed by atoms with Gasteiger partial charge >= 0.3 is 0 Å². The molecule has 3 nitrogen and oxygen atoms in total. The number of ether oxygens (including phenoxy) is 1. The molecule has 0 amide bonds. The van der Waals surface area contributed by atoms with Crippen LogP contribution in [0, 0.1) is 0 Å². The van der Waals surface area contributed by atoms with Gasteiger partial charge in [0.15, 0.2) is 0 Å². The Hall–Kier alpha value is -0.900. The molecule has 4 heteroatoms. The zero-order valence-electron chi connectivity index (χ0n) is 8.99. The topological polar surface area (TPSA) is 25.4 Å². The molecule has 1 saturated carbocycles. The second-order valence-corrected chi connectivity index (χ2v) is 5.22. The third kappa shape index (κ3) is 1.47. The summed E-state index contributed by atoms with van der Waals surface area (Å²) in [5.41, 5.74) is 1.22. The van der Waals surface area contributed by atoms with E-state index in [0.29, 0.717) is 0 Å². The number of aromatic nitrogens is 1. The first-order valence-corrected chi connectivity index (χ1v) is 6.39. The van der Waals surface area contributed by atoms with E-state index in [1.54, 1.807) is 11.8 Å². The van der Waals surface area contributed by atoms with Crippen molar-refractivity contribution in [3.63, 3.8) is 0 Å². The lowest BCUT2D eigenvalue weighted by Crippen LogP contribution is -2.39. The van der Waals surface area contributed by atoms with E-state index in [9.17, 15) is 0 Å². The standard InChI is InChI=1S/C11H14N2OS/c1-13-7-11(3-4-11)14-10-9(13)5-8(15-2)6-12-10/h5-6H,3-4,7H2,1-2H3. The Labute approximate surface area is 93.8 Å². The first kappa shape index (κ1) is 9.33. The molecule has 1 aromatic heterocycles. The average molecular weight is 222 g/mol. The quantitative estimate of drug-likeness (QED) is 0.680. The molecule has 0 N–H and O–H groups in total. The molecule has 2 heterocycles. The lowest BCUT2D eigenvalue weighted by atomic mass is 10.2. The largest absolute Gasteiger partial charge is 0.468 e. The molecule has 80 valence electrons. The number of hydrogen-bond donors (Lipinski definition) is 0. The summed E-state index contributed by atoms with van der Waals surface area (Å²) in [6.45, 7) is 1.000. The normalized spacial score (nSPS) is 21.1. The van der Waals surface area contributed by atoms with E-state index >= 15 is 0 Å². The SMILES string of the molecule is CSc1cnc2c(c1)N(C)CC1(CC1)O2. The van der Waals surface area contributed by atoms with Gasteiger partial charge in [-0.05, 0) is 25.2 Å². The Morgan fingerprint density at radius 1 is 1.53 bits per heavy atom. The zero-order chi connectivity index (χ0) is 10.5. The van der Waals surface area contributed by atoms with E-state index in [1.165, 1.54) is 17.7 Å². The predicted molar refractivity (Wildman–Crippen MR) is 61.9 cm³/mol. The number of rotatable bonds is 1. The van der Waals surface area contributed by atoms with Gasteiger partial charge in [-0.2, -0.15) is 0 Å². The molecule has 0 aromatic carbocycles. The van der Waals surface area contributed by atoms with Crippen LogP contribution in [0.2, 0.25) is 0 Å². The highest BCUT2D eigenvalue weighted by molar-refractivity contribution is 7.98. The summed E-state index contributed by atoms with van der Waals surface area (Å²) in [5.74, 6) is 0.805. The third-order valence-electron chi connectivity index (χ3n) is 3.10. The van der Waals surface area contributed by atoms with Crippen LogP contribution in [0.3, 0.4) is 0 Å². The van der Waals surface area contributed by atoms with E-state index in [0.717, 1.165) is 18.1 Å². The maximum Gasteiger partial charge on any atom is 0.238 e. The number of fused-ring (bicyclic) bond motifs is 1. The summed E-state index contributed by atoms with van der Waals surface area (Å²) in [7, 11) is 2.12. The van der Waals surface area contributed by atoms with Gasteiger partial charge in [0, 0.05) is 18.1 Å². The van der Waals surface area contributed by atoms with Gasteiger partial charge in [-0.3, -0.25) is 0 Å². The van der Waals surface area contributed by atoms with Crippen LogP contribution in [0.4, 0.5) is 5.69 Å². The van der Waals surface area contributed by atoms with Crippen molar-refractivity contribution in [1.82, 2.24) is 4.98 Å². The van der Waals surface area contributed by atoms with Gasteiger partial charge in [0.25, 0.3) is 0 Å². The van der Waals surface area contributed by atoms with Gasteiger partial charge in [-0.15, -0.1) is 11.8 Å². The van der Waals surface area contributed by atoms with Crippen molar-refractivity contribution in [2.45, 2.75) is 23.3 Å². The highest BCUT2D eigenvalue weighted by atomic mass is 32.2. The molecule has 1 aliphatic heterocycles. The van der Waals surface area contributed by atoms with Gasteiger partial charge in [0.1, 0.15) is 11.3 Å². The van der Waals surface area contributed by atoms with Crippen LogP contribution in [-0.4, -0.2) is 30.4 Å². The van der Waals surface area contributed by atoms with Crippen LogP contribution >= 0.6 is 11.8 Å². The predicted octanol–water partition coefficient (Wildman–Crippen LogP) is 2.16. The average Bonchev–Trinajstić information content (AvgIpc) is 2.97. The lowest BCUT2D eigenvalue weighted by Gasteiger charge is -2.33. The van der Waals surface area contributed by atoms with Crippen LogP contribution in [0.15, 0.2) is 17.2 Å². The van der Waals surface area contributed by atoms with Crippen LogP contribution in [-0.2, 0) is 0 Å². The highest BCUT2D eigenvalue weighted by Crippen LogP contribution is 2.47. The first-order valence-electron chi connectivity index (χ1n) is 5.17. The molecular weight excluding hydrogens is 208 g/mol. The van der Waals surface area contributed by atoms with E-state index in [1.807, 2.05) is 6.20 Å². The van der Waals surface area contributed by atoms with Crippen molar-refractivity contribution in [3.05, 3.63) is 12.3 Å². The fourth-order valence-corrected chi connectivity index (χ4v) is 2.43. The monoisotopic (exact) mass is 222 g/mol. The minimum Gasteiger partial charge on any atom is -0.468 e. The summed E-state index contributed by atoms with van der Waals surface area (Å²) in [6.07, 6.45) is 6.29. The van der Waals surface area contributed by atoms with Gasteiger partial charge in [-0.1, -0.05) is 0 Å². The number of thioether (sulfide) groups is 1. The Morgan fingerprint density at radius 3 is 3.00 bits per heavy atom. The summed E-state index contributed by atoms with van der Waals surface area (Å²) >= 11 is 1.71. The van der Waals surface area contributed by atoms with Crippen LogP contribution in [0.5, 0.6) is 5.88 Å². The van der Waals surface area contributed by atoms with E-state index < -0.39 is 0 Å². The molecule has 0 bridgehead atoms. The molecule has 15 heavy (non-hydrogen) atoms. The molecule has 0 atom stereocenters. The number of nitrogens with zero attached hydrogens (tertiary/aromatic N) is 2. The Morgan fingerprint density at radius 2 is 2.33 bits per heavy atom. The van der Waals surface area contributed by atoms with Crippen molar-refractivity contribution in [1.29, 1.82) is 0 Å². The van der Waals surface area contributed by atoms with Crippen LogP contribution in [0.25, 0.3) is 0 Å². The fraction of sp³-hybridized carbons (Fsp3) is 0.545. The van der Waals surface area contributed by atoms with Crippen molar-refractivity contribution >= 4 is 17.4 Å². The van der Waals surface area contributed by atoms with Gasteiger partial charge in [-0.25, -0.2) is 4.98 Å². The molecule has 0 saturated heterocycles. The Balaban J connectivity index is 2.01. The first-order chi connectivity index (χ1) is 7.22. The lowest BCUT2D eigenvalue weighted by molar-refractivity contribution is 0.165. The molecule has 0 unspecified atom stereocenters. The molecule has 2 aliphatic rings. The van der Waals surface area contributed by atoms with Gasteiger partial charge in [0.05, 0.1) is 6.54 Å².